The third-order valence-electron chi connectivity index (χ3n) is 4.30. The van der Waals surface area contributed by atoms with E-state index in [0.29, 0.717) is 12.5 Å². The highest BCUT2D eigenvalue weighted by molar-refractivity contribution is 5.83. The molecule has 0 bridgehead atoms. The van der Waals surface area contributed by atoms with Crippen LogP contribution in [-0.4, -0.2) is 35.0 Å². The maximum Gasteiger partial charge on any atom is 0.239 e. The third kappa shape index (κ3) is 3.72. The second-order valence-corrected chi connectivity index (χ2v) is 6.69. The van der Waals surface area contributed by atoms with Gasteiger partial charge < -0.3 is 10.2 Å². The topological polar surface area (TPSA) is 58.1 Å². The highest BCUT2D eigenvalue weighted by atomic mass is 16.2. The molecule has 1 atom stereocenters. The van der Waals surface area contributed by atoms with Crippen molar-refractivity contribution in [1.29, 1.82) is 0 Å². The molecule has 0 saturated carbocycles. The van der Waals surface area contributed by atoms with Gasteiger partial charge >= 0.3 is 0 Å². The molecule has 24 heavy (non-hydrogen) atoms. The first-order chi connectivity index (χ1) is 11.5. The van der Waals surface area contributed by atoms with E-state index in [1.54, 1.807) is 0 Å². The van der Waals surface area contributed by atoms with Gasteiger partial charge in [-0.3, -0.25) is 4.79 Å². The molecule has 1 aromatic heterocycles. The first-order valence-electron chi connectivity index (χ1n) is 8.44. The number of hydrogen-bond donors (Lipinski definition) is 1. The summed E-state index contributed by atoms with van der Waals surface area (Å²) in [7, 11) is 0. The van der Waals surface area contributed by atoms with Crippen LogP contribution >= 0.6 is 0 Å². The average Bonchev–Trinajstić information content (AvgIpc) is 2.55. The van der Waals surface area contributed by atoms with Crippen LogP contribution in [0.1, 0.15) is 36.7 Å². The molecule has 0 spiro atoms. The van der Waals surface area contributed by atoms with Crippen LogP contribution in [0.25, 0.3) is 0 Å². The van der Waals surface area contributed by atoms with Gasteiger partial charge in [-0.25, -0.2) is 9.97 Å². The van der Waals surface area contributed by atoms with Crippen LogP contribution in [0, 0.1) is 6.92 Å². The standard InChI is InChI=1S/C19H24N4O/c1-13(2)17-10-20-14(3)21-19(17)23-11-16(22-18(24)12-23)9-15-7-5-4-6-8-15/h4-8,10,13,16H,9,11-12H2,1-3H3,(H,22,24)/t16-/m0/s1. The zero-order chi connectivity index (χ0) is 17.1. The zero-order valence-corrected chi connectivity index (χ0v) is 14.5. The lowest BCUT2D eigenvalue weighted by Gasteiger charge is -2.35. The summed E-state index contributed by atoms with van der Waals surface area (Å²) in [6, 6.07) is 10.3. The van der Waals surface area contributed by atoms with E-state index < -0.39 is 0 Å². The Kier molecular flexibility index (Phi) is 4.79. The molecule has 2 heterocycles. The van der Waals surface area contributed by atoms with Crippen molar-refractivity contribution in [3.8, 4) is 0 Å². The van der Waals surface area contributed by atoms with Crippen LogP contribution in [-0.2, 0) is 11.2 Å². The molecule has 1 amide bonds. The number of nitrogens with one attached hydrogen (secondary N) is 1. The molecular formula is C19H24N4O. The lowest BCUT2D eigenvalue weighted by molar-refractivity contribution is -0.121. The fourth-order valence-corrected chi connectivity index (χ4v) is 3.13. The van der Waals surface area contributed by atoms with Crippen LogP contribution in [0.2, 0.25) is 0 Å². The molecule has 0 unspecified atom stereocenters. The van der Waals surface area contributed by atoms with Crippen molar-refractivity contribution in [3.63, 3.8) is 0 Å². The number of aromatic nitrogens is 2. The first-order valence-corrected chi connectivity index (χ1v) is 8.44. The van der Waals surface area contributed by atoms with Crippen LogP contribution in [0.5, 0.6) is 0 Å². The van der Waals surface area contributed by atoms with Gasteiger partial charge in [-0.05, 0) is 24.8 Å². The molecular weight excluding hydrogens is 300 g/mol. The van der Waals surface area contributed by atoms with Gasteiger partial charge in [0.25, 0.3) is 0 Å². The molecule has 1 N–H and O–H groups in total. The average molecular weight is 324 g/mol. The number of anilines is 1. The van der Waals surface area contributed by atoms with E-state index in [1.165, 1.54) is 5.56 Å². The number of carbonyl (C=O) groups excluding carboxylic acids is 1. The van der Waals surface area contributed by atoms with Crippen molar-refractivity contribution in [2.24, 2.45) is 0 Å². The Labute approximate surface area is 143 Å². The van der Waals surface area contributed by atoms with E-state index in [9.17, 15) is 4.79 Å². The highest BCUT2D eigenvalue weighted by Gasteiger charge is 2.27. The summed E-state index contributed by atoms with van der Waals surface area (Å²) in [4.78, 5) is 23.3. The summed E-state index contributed by atoms with van der Waals surface area (Å²) >= 11 is 0. The van der Waals surface area contributed by atoms with Gasteiger partial charge in [0.1, 0.15) is 11.6 Å². The Hall–Kier alpha value is -2.43. The van der Waals surface area contributed by atoms with Crippen molar-refractivity contribution >= 4 is 11.7 Å². The Bertz CT molecular complexity index is 715. The third-order valence-corrected chi connectivity index (χ3v) is 4.30. The molecule has 1 aliphatic heterocycles. The second kappa shape index (κ2) is 6.99. The summed E-state index contributed by atoms with van der Waals surface area (Å²) in [5.74, 6) is 2.00. The monoisotopic (exact) mass is 324 g/mol. The lowest BCUT2D eigenvalue weighted by atomic mass is 10.0. The van der Waals surface area contributed by atoms with E-state index in [0.717, 1.165) is 30.2 Å². The van der Waals surface area contributed by atoms with E-state index in [2.05, 4.69) is 46.2 Å². The quantitative estimate of drug-likeness (QED) is 0.938. The number of amides is 1. The lowest BCUT2D eigenvalue weighted by Crippen LogP contribution is -2.55. The predicted octanol–water partition coefficient (Wildman–Crippen LogP) is 2.46. The number of aryl methyl sites for hydroxylation is 1. The molecule has 5 heteroatoms. The van der Waals surface area contributed by atoms with Crippen LogP contribution in [0.3, 0.4) is 0 Å². The van der Waals surface area contributed by atoms with Crippen molar-refractivity contribution in [2.75, 3.05) is 18.0 Å². The Morgan fingerprint density at radius 2 is 2.04 bits per heavy atom. The smallest absolute Gasteiger partial charge is 0.239 e. The SMILES string of the molecule is Cc1ncc(C(C)C)c(N2CC(=O)N[C@@H](Cc3ccccc3)C2)n1. The summed E-state index contributed by atoms with van der Waals surface area (Å²) < 4.78 is 0. The number of rotatable bonds is 4. The number of hydrogen-bond acceptors (Lipinski definition) is 4. The van der Waals surface area contributed by atoms with Crippen molar-refractivity contribution in [2.45, 2.75) is 39.2 Å². The Morgan fingerprint density at radius 3 is 2.75 bits per heavy atom. The van der Waals surface area contributed by atoms with E-state index in [4.69, 9.17) is 0 Å². The summed E-state index contributed by atoms with van der Waals surface area (Å²) in [5, 5.41) is 3.10. The second-order valence-electron chi connectivity index (χ2n) is 6.69. The number of piperazine rings is 1. The molecule has 0 radical (unpaired) electrons. The fraction of sp³-hybridized carbons (Fsp3) is 0.421. The molecule has 1 aromatic carbocycles. The van der Waals surface area contributed by atoms with Crippen molar-refractivity contribution in [3.05, 3.63) is 53.5 Å². The largest absolute Gasteiger partial charge is 0.350 e. The predicted molar refractivity (Wildman–Crippen MR) is 95.1 cm³/mol. The van der Waals surface area contributed by atoms with Gasteiger partial charge in [-0.1, -0.05) is 44.2 Å². The van der Waals surface area contributed by atoms with Crippen molar-refractivity contribution < 1.29 is 4.79 Å². The number of benzene rings is 1. The Morgan fingerprint density at radius 1 is 1.29 bits per heavy atom. The summed E-state index contributed by atoms with van der Waals surface area (Å²) in [6.45, 7) is 7.25. The molecule has 1 saturated heterocycles. The first kappa shape index (κ1) is 16.4. The van der Waals surface area contributed by atoms with Gasteiger partial charge in [0.2, 0.25) is 5.91 Å². The molecule has 1 fully saturated rings. The normalized spacial score (nSPS) is 17.9. The number of nitrogens with zero attached hydrogens (tertiary/aromatic N) is 3. The molecule has 0 aliphatic carbocycles. The Balaban J connectivity index is 1.83. The summed E-state index contributed by atoms with van der Waals surface area (Å²) in [6.07, 6.45) is 2.71. The van der Waals surface area contributed by atoms with Crippen LogP contribution < -0.4 is 10.2 Å². The highest BCUT2D eigenvalue weighted by Crippen LogP contribution is 2.26. The minimum absolute atomic E-state index is 0.0492. The maximum atomic E-state index is 12.2. The van der Waals surface area contributed by atoms with Gasteiger partial charge in [0, 0.05) is 18.3 Å². The zero-order valence-electron chi connectivity index (χ0n) is 14.5. The molecule has 1 aliphatic rings. The molecule has 3 rings (SSSR count). The van der Waals surface area contributed by atoms with Gasteiger partial charge in [-0.15, -0.1) is 0 Å². The van der Waals surface area contributed by atoms with E-state index in [-0.39, 0.29) is 11.9 Å². The van der Waals surface area contributed by atoms with E-state index in [1.807, 2.05) is 31.3 Å². The molecule has 5 nitrogen and oxygen atoms in total. The van der Waals surface area contributed by atoms with Crippen LogP contribution in [0.15, 0.2) is 36.5 Å². The van der Waals surface area contributed by atoms with Crippen molar-refractivity contribution in [1.82, 2.24) is 15.3 Å². The van der Waals surface area contributed by atoms with Gasteiger partial charge in [-0.2, -0.15) is 0 Å². The molecule has 126 valence electrons. The number of carbonyl (C=O) groups is 1. The minimum Gasteiger partial charge on any atom is -0.350 e. The fourth-order valence-electron chi connectivity index (χ4n) is 3.13. The molecule has 2 aromatic rings. The van der Waals surface area contributed by atoms with Gasteiger partial charge in [0.05, 0.1) is 12.6 Å². The van der Waals surface area contributed by atoms with Crippen LogP contribution in [0.4, 0.5) is 5.82 Å². The van der Waals surface area contributed by atoms with E-state index >= 15 is 0 Å². The minimum atomic E-state index is 0.0492. The van der Waals surface area contributed by atoms with Gasteiger partial charge in [0.15, 0.2) is 0 Å². The maximum absolute atomic E-state index is 12.2. The summed E-state index contributed by atoms with van der Waals surface area (Å²) in [5.41, 5.74) is 2.32.